The van der Waals surface area contributed by atoms with Gasteiger partial charge in [0.2, 0.25) is 5.78 Å². The van der Waals surface area contributed by atoms with E-state index in [1.165, 1.54) is 44.3 Å². The number of phenols is 1. The van der Waals surface area contributed by atoms with Crippen LogP contribution in [0.15, 0.2) is 47.2 Å². The molecule has 0 unspecified atom stereocenters. The monoisotopic (exact) mass is 622 g/mol. The van der Waals surface area contributed by atoms with Crippen LogP contribution in [0.4, 0.5) is 16.2 Å². The van der Waals surface area contributed by atoms with Gasteiger partial charge in [-0.3, -0.25) is 24.6 Å². The third-order valence-corrected chi connectivity index (χ3v) is 8.69. The van der Waals surface area contributed by atoms with Gasteiger partial charge in [0.15, 0.2) is 17.1 Å². The lowest BCUT2D eigenvalue weighted by atomic mass is 9.57. The molecule has 1 saturated carbocycles. The molecule has 0 heterocycles. The number of carbonyl (C=O) groups excluding carboxylic acids is 4. The number of benzene rings is 2. The van der Waals surface area contributed by atoms with E-state index in [-0.39, 0.29) is 35.4 Å². The van der Waals surface area contributed by atoms with Gasteiger partial charge in [-0.1, -0.05) is 0 Å². The van der Waals surface area contributed by atoms with Gasteiger partial charge in [0.05, 0.1) is 24.4 Å². The minimum atomic E-state index is -2.76. The minimum absolute atomic E-state index is 0.0480. The van der Waals surface area contributed by atoms with Crippen molar-refractivity contribution in [3.05, 3.63) is 58.4 Å². The highest BCUT2D eigenvalue weighted by atomic mass is 16.6. The average molecular weight is 623 g/mol. The third kappa shape index (κ3) is 4.82. The lowest BCUT2D eigenvalue weighted by Crippen LogP contribution is -2.65. The van der Waals surface area contributed by atoms with Crippen LogP contribution in [0.3, 0.4) is 0 Å². The van der Waals surface area contributed by atoms with Gasteiger partial charge in [-0.15, -0.1) is 0 Å². The number of hydrogen-bond acceptors (Lipinski definition) is 12. The number of nitrogens with one attached hydrogen (secondary N) is 1. The number of likely N-dealkylation sites (N-methyl/N-ethyl adjacent to an activating group) is 1. The van der Waals surface area contributed by atoms with Crippen molar-refractivity contribution in [3.63, 3.8) is 0 Å². The maximum Gasteiger partial charge on any atom is 0.417 e. The predicted molar refractivity (Wildman–Crippen MR) is 161 cm³/mol. The zero-order chi connectivity index (χ0) is 33.1. The molecule has 0 spiro atoms. The van der Waals surface area contributed by atoms with Gasteiger partial charge >= 0.3 is 6.09 Å². The number of aromatic hydroxyl groups is 1. The number of carbonyl (C=O) groups is 4. The molecule has 0 saturated heterocycles. The van der Waals surface area contributed by atoms with Crippen LogP contribution >= 0.6 is 0 Å². The zero-order valence-corrected chi connectivity index (χ0v) is 25.2. The van der Waals surface area contributed by atoms with E-state index in [0.717, 1.165) is 0 Å². The van der Waals surface area contributed by atoms with Gasteiger partial charge in [0.1, 0.15) is 28.6 Å². The quantitative estimate of drug-likeness (QED) is 0.201. The Balaban J connectivity index is 1.61. The molecule has 14 heteroatoms. The molecule has 2 aromatic rings. The first-order chi connectivity index (χ1) is 21.1. The second kappa shape index (κ2) is 11.1. The van der Waals surface area contributed by atoms with E-state index in [2.05, 4.69) is 5.32 Å². The fourth-order valence-corrected chi connectivity index (χ4v) is 6.67. The Labute approximate surface area is 257 Å². The minimum Gasteiger partial charge on any atom is -0.508 e. The van der Waals surface area contributed by atoms with Crippen LogP contribution in [0.1, 0.15) is 17.5 Å². The van der Waals surface area contributed by atoms with Crippen LogP contribution in [0.2, 0.25) is 0 Å². The highest BCUT2D eigenvalue weighted by molar-refractivity contribution is 6.24. The molecule has 14 nitrogen and oxygen atoms in total. The summed E-state index contributed by atoms with van der Waals surface area (Å²) in [5.74, 6) is -6.91. The highest BCUT2D eigenvalue weighted by Gasteiger charge is 2.64. The Hall–Kier alpha value is -5.08. The number of amides is 2. The number of nitrogens with zero attached hydrogens (tertiary/aromatic N) is 2. The molecule has 0 radical (unpaired) electrons. The smallest absolute Gasteiger partial charge is 0.417 e. The lowest BCUT2D eigenvalue weighted by molar-refractivity contribution is -0.153. The molecule has 238 valence electrons. The Morgan fingerprint density at radius 1 is 1.04 bits per heavy atom. The summed E-state index contributed by atoms with van der Waals surface area (Å²) in [6, 6.07) is 6.49. The molecule has 45 heavy (non-hydrogen) atoms. The number of aliphatic hydroxyl groups excluding tert-OH is 2. The molecule has 2 aromatic carbocycles. The van der Waals surface area contributed by atoms with Crippen molar-refractivity contribution in [1.29, 1.82) is 0 Å². The fourth-order valence-electron chi connectivity index (χ4n) is 6.67. The standard InChI is InChI=1S/C31H34N4O10/c1-34(2)19-12-18(33-30(42)45-15-8-6-14(44-5)7-9-15)24(36)21-16(19)10-13-11-17-23(35(3)4)26(38)22(29(32)41)28(40)31(17,43)27(39)20(13)25(21)37/h6-9,12-13,17,23,36-37,40,43H,10-11H2,1-5H3,(H2,32,41)(H,33,42)/t13-,17-,23+,31-/m0/s1. The number of Topliss-reactive ketones (excluding diaryl/α,β-unsaturated/α-hetero) is 2. The van der Waals surface area contributed by atoms with Crippen molar-refractivity contribution in [2.45, 2.75) is 24.5 Å². The van der Waals surface area contributed by atoms with Crippen LogP contribution in [-0.4, -0.2) is 95.8 Å². The van der Waals surface area contributed by atoms with Crippen LogP contribution in [0.5, 0.6) is 17.2 Å². The van der Waals surface area contributed by atoms with Crippen molar-refractivity contribution < 1.29 is 49.1 Å². The van der Waals surface area contributed by atoms with Crippen LogP contribution < -0.4 is 25.4 Å². The van der Waals surface area contributed by atoms with E-state index >= 15 is 0 Å². The van der Waals surface area contributed by atoms with Crippen LogP contribution in [0.25, 0.3) is 5.76 Å². The summed E-state index contributed by atoms with van der Waals surface area (Å²) < 4.78 is 10.4. The first kappa shape index (κ1) is 31.3. The van der Waals surface area contributed by atoms with E-state index in [4.69, 9.17) is 15.2 Å². The summed E-state index contributed by atoms with van der Waals surface area (Å²) in [5, 5.41) is 48.2. The number of nitrogens with two attached hydrogens (primary N) is 1. The predicted octanol–water partition coefficient (Wildman–Crippen LogP) is 1.65. The summed E-state index contributed by atoms with van der Waals surface area (Å²) >= 11 is 0. The SMILES string of the molecule is COc1ccc(OC(=O)Nc2cc(N(C)C)c3c(c2O)C(O)=C2C(=O)[C@]4(O)C(O)=C(C(N)=O)C(=O)[C@H](N(C)C)[C@@H]4C[C@@H]2C3)cc1. The second-order valence-electron chi connectivity index (χ2n) is 11.7. The normalized spacial score (nSPS) is 24.1. The molecular formula is C31H34N4O10. The van der Waals surface area contributed by atoms with Gasteiger partial charge in [-0.05, 0) is 68.8 Å². The van der Waals surface area contributed by atoms with E-state index in [0.29, 0.717) is 17.0 Å². The Bertz CT molecular complexity index is 1690. The number of ketones is 2. The summed E-state index contributed by atoms with van der Waals surface area (Å²) in [7, 11) is 7.98. The largest absolute Gasteiger partial charge is 0.508 e. The highest BCUT2D eigenvalue weighted by Crippen LogP contribution is 2.54. The topological polar surface area (TPSA) is 212 Å². The number of hydrogen-bond donors (Lipinski definition) is 6. The second-order valence-corrected chi connectivity index (χ2v) is 11.7. The molecule has 4 atom stereocenters. The summed E-state index contributed by atoms with van der Waals surface area (Å²) in [4.78, 5) is 55.5. The zero-order valence-electron chi connectivity index (χ0n) is 25.2. The summed E-state index contributed by atoms with van der Waals surface area (Å²) in [6.45, 7) is 0. The van der Waals surface area contributed by atoms with Gasteiger partial charge < -0.3 is 40.5 Å². The molecule has 0 bridgehead atoms. The third-order valence-electron chi connectivity index (χ3n) is 8.69. The number of primary amides is 1. The molecule has 3 aliphatic carbocycles. The van der Waals surface area contributed by atoms with E-state index in [1.807, 2.05) is 0 Å². The van der Waals surface area contributed by atoms with E-state index in [9.17, 15) is 39.6 Å². The van der Waals surface area contributed by atoms with E-state index < -0.39 is 69.9 Å². The number of aliphatic hydroxyl groups is 3. The summed E-state index contributed by atoms with van der Waals surface area (Å²) in [5.41, 5.74) is 2.03. The molecule has 1 fully saturated rings. The molecule has 0 aromatic heterocycles. The van der Waals surface area contributed by atoms with Crippen molar-refractivity contribution in [1.82, 2.24) is 4.90 Å². The molecule has 2 amide bonds. The Kier molecular flexibility index (Phi) is 7.75. The molecule has 3 aliphatic rings. The lowest BCUT2D eigenvalue weighted by Gasteiger charge is -2.50. The Morgan fingerprint density at radius 3 is 2.22 bits per heavy atom. The first-order valence-corrected chi connectivity index (χ1v) is 14.0. The van der Waals surface area contributed by atoms with Gasteiger partial charge in [0, 0.05) is 31.3 Å². The summed E-state index contributed by atoms with van der Waals surface area (Å²) in [6.07, 6.45) is -0.915. The molecule has 0 aliphatic heterocycles. The van der Waals surface area contributed by atoms with Gasteiger partial charge in [-0.25, -0.2) is 4.79 Å². The van der Waals surface area contributed by atoms with Crippen LogP contribution in [0, 0.1) is 11.8 Å². The number of ether oxygens (including phenoxy) is 2. The molecule has 5 rings (SSSR count). The number of fused-ring (bicyclic) bond motifs is 3. The maximum absolute atomic E-state index is 14.1. The number of anilines is 2. The van der Waals surface area contributed by atoms with Crippen molar-refractivity contribution >= 4 is 40.7 Å². The van der Waals surface area contributed by atoms with Crippen molar-refractivity contribution in [2.75, 3.05) is 45.5 Å². The number of rotatable bonds is 6. The van der Waals surface area contributed by atoms with Crippen molar-refractivity contribution in [3.8, 4) is 17.2 Å². The van der Waals surface area contributed by atoms with Gasteiger partial charge in [0.25, 0.3) is 5.91 Å². The van der Waals surface area contributed by atoms with Gasteiger partial charge in [-0.2, -0.15) is 0 Å². The van der Waals surface area contributed by atoms with Crippen molar-refractivity contribution in [2.24, 2.45) is 17.6 Å². The first-order valence-electron chi connectivity index (χ1n) is 14.0. The number of phenolic OH excluding ortho intramolecular Hbond substituents is 1. The molecule has 7 N–H and O–H groups in total. The van der Waals surface area contributed by atoms with E-state index in [1.54, 1.807) is 31.1 Å². The fraction of sp³-hybridized carbons (Fsp3) is 0.355. The Morgan fingerprint density at radius 2 is 1.67 bits per heavy atom. The molecular weight excluding hydrogens is 588 g/mol. The van der Waals surface area contributed by atoms with Crippen LogP contribution in [-0.2, 0) is 20.8 Å². The maximum atomic E-state index is 14.1. The average Bonchev–Trinajstić information content (AvgIpc) is 2.96. The number of methoxy groups -OCH3 is 1.